The Balaban J connectivity index is 2.69. The van der Waals surface area contributed by atoms with E-state index in [1.165, 1.54) is 193 Å². The van der Waals surface area contributed by atoms with Crippen LogP contribution in [-0.2, 0) is 23.8 Å². The van der Waals surface area contributed by atoms with E-state index in [1.54, 1.807) is 12.2 Å². The molecule has 0 aromatic rings. The molecule has 0 saturated carbocycles. The summed E-state index contributed by atoms with van der Waals surface area (Å²) in [5, 5.41) is 56.8. The van der Waals surface area contributed by atoms with Gasteiger partial charge in [-0.25, -0.2) is 0 Å². The minimum Gasteiger partial charge on any atom is -0.454 e. The van der Waals surface area contributed by atoms with Crippen LogP contribution in [0.15, 0.2) is 36.5 Å². The summed E-state index contributed by atoms with van der Waals surface area (Å²) in [6, 6.07) is -1.05. The summed E-state index contributed by atoms with van der Waals surface area (Å²) in [5.41, 5.74) is 0. The molecule has 0 radical (unpaired) electrons. The van der Waals surface area contributed by atoms with Gasteiger partial charge in [0.05, 0.1) is 25.4 Å². The van der Waals surface area contributed by atoms with E-state index in [1.807, 2.05) is 12.2 Å². The van der Waals surface area contributed by atoms with Gasteiger partial charge in [0.25, 0.3) is 0 Å². The van der Waals surface area contributed by atoms with E-state index >= 15 is 0 Å². The minimum atomic E-state index is -1.62. The van der Waals surface area contributed by atoms with Gasteiger partial charge < -0.3 is 45.1 Å². The number of ether oxygens (including phenoxy) is 3. The van der Waals surface area contributed by atoms with Crippen LogP contribution in [0.25, 0.3) is 0 Å². The second kappa shape index (κ2) is 50.7. The number of esters is 1. The number of hydrogen-bond acceptors (Lipinski definition) is 10. The molecule has 1 aliphatic rings. The summed E-state index contributed by atoms with van der Waals surface area (Å²) in [7, 11) is 0. The number of nitrogens with one attached hydrogen (secondary N) is 1. The first kappa shape index (κ1) is 68.9. The lowest BCUT2D eigenvalue weighted by molar-refractivity contribution is -0.305. The van der Waals surface area contributed by atoms with Gasteiger partial charge in [0.15, 0.2) is 12.4 Å². The Bertz CT molecular complexity index is 1330. The Morgan fingerprint density at radius 3 is 1.40 bits per heavy atom. The highest BCUT2D eigenvalue weighted by Crippen LogP contribution is 2.26. The first-order chi connectivity index (χ1) is 35.7. The van der Waals surface area contributed by atoms with Crippen molar-refractivity contribution in [1.29, 1.82) is 0 Å². The zero-order valence-electron chi connectivity index (χ0n) is 47.3. The molecule has 1 aliphatic heterocycles. The number of carbonyl (C=O) groups is 2. The van der Waals surface area contributed by atoms with E-state index in [2.05, 4.69) is 38.2 Å². The topological polar surface area (TPSA) is 175 Å². The first-order valence-electron chi connectivity index (χ1n) is 30.8. The van der Waals surface area contributed by atoms with Gasteiger partial charge in [-0.2, -0.15) is 0 Å². The Morgan fingerprint density at radius 2 is 0.945 bits per heavy atom. The fraction of sp³-hybridized carbons (Fsp3) is 0.871. The molecular formula is C62H115NO10. The van der Waals surface area contributed by atoms with Crippen LogP contribution in [0.5, 0.6) is 0 Å². The maximum Gasteiger partial charge on any atom is 0.306 e. The number of unbranched alkanes of at least 4 members (excludes halogenated alkanes) is 35. The van der Waals surface area contributed by atoms with E-state index in [9.17, 15) is 35.1 Å². The van der Waals surface area contributed by atoms with E-state index in [0.717, 1.165) is 44.9 Å². The number of aliphatic hydroxyl groups excluding tert-OH is 5. The highest BCUT2D eigenvalue weighted by molar-refractivity contribution is 5.81. The summed E-state index contributed by atoms with van der Waals surface area (Å²) in [6.07, 6.45) is 49.2. The number of allylic oxidation sites excluding steroid dienone is 4. The van der Waals surface area contributed by atoms with Crippen molar-refractivity contribution in [2.45, 2.75) is 333 Å². The fourth-order valence-electron chi connectivity index (χ4n) is 9.64. The van der Waals surface area contributed by atoms with Gasteiger partial charge in [0, 0.05) is 12.8 Å². The van der Waals surface area contributed by atoms with E-state index in [0.29, 0.717) is 12.8 Å². The quantitative estimate of drug-likeness (QED) is 0.0195. The Kier molecular flexibility index (Phi) is 47.8. The van der Waals surface area contributed by atoms with Crippen LogP contribution in [0.4, 0.5) is 0 Å². The maximum absolute atomic E-state index is 13.3. The number of rotatable bonds is 52. The molecule has 1 saturated heterocycles. The van der Waals surface area contributed by atoms with Crippen LogP contribution in [0, 0.1) is 0 Å². The maximum atomic E-state index is 13.3. The predicted molar refractivity (Wildman–Crippen MR) is 301 cm³/mol. The number of amides is 1. The lowest BCUT2D eigenvalue weighted by Crippen LogP contribution is -2.61. The van der Waals surface area contributed by atoms with Crippen LogP contribution in [0.1, 0.15) is 284 Å². The Morgan fingerprint density at radius 1 is 0.534 bits per heavy atom. The van der Waals surface area contributed by atoms with Gasteiger partial charge in [-0.05, 0) is 38.5 Å². The fourth-order valence-corrected chi connectivity index (χ4v) is 9.64. The van der Waals surface area contributed by atoms with Crippen molar-refractivity contribution in [1.82, 2.24) is 5.32 Å². The SMILES string of the molecule is CCCCCCCC/C=C\C/C=C/CC(O)C(=O)NC(COC1OC(CO)C(O)C(O)C1OC(=O)CCCCCCCCCCCCCCCCCCCCC)C(O)/C=C/CCCCCCCCCCCCC. The summed E-state index contributed by atoms with van der Waals surface area (Å²) in [4.78, 5) is 26.5. The Labute approximate surface area is 447 Å². The smallest absolute Gasteiger partial charge is 0.306 e. The average Bonchev–Trinajstić information content (AvgIpc) is 3.39. The molecule has 0 aliphatic carbocycles. The van der Waals surface area contributed by atoms with Crippen LogP contribution in [-0.4, -0.2) is 99.6 Å². The number of aliphatic hydroxyl groups is 5. The molecule has 73 heavy (non-hydrogen) atoms. The highest BCUT2D eigenvalue weighted by Gasteiger charge is 2.47. The van der Waals surface area contributed by atoms with E-state index < -0.39 is 67.4 Å². The summed E-state index contributed by atoms with van der Waals surface area (Å²) >= 11 is 0. The summed E-state index contributed by atoms with van der Waals surface area (Å²) in [6.45, 7) is 5.76. The zero-order valence-corrected chi connectivity index (χ0v) is 47.3. The van der Waals surface area contributed by atoms with Crippen molar-refractivity contribution in [3.63, 3.8) is 0 Å². The molecule has 1 rings (SSSR count). The van der Waals surface area contributed by atoms with Crippen molar-refractivity contribution in [3.8, 4) is 0 Å². The minimum absolute atomic E-state index is 0.0843. The molecule has 11 heteroatoms. The molecule has 6 N–H and O–H groups in total. The second-order valence-corrected chi connectivity index (χ2v) is 21.5. The summed E-state index contributed by atoms with van der Waals surface area (Å²) in [5.74, 6) is -1.26. The third kappa shape index (κ3) is 39.0. The van der Waals surface area contributed by atoms with Gasteiger partial charge in [-0.15, -0.1) is 0 Å². The highest BCUT2D eigenvalue weighted by atomic mass is 16.7. The normalized spacial score (nSPS) is 19.6. The summed E-state index contributed by atoms with van der Waals surface area (Å²) < 4.78 is 17.6. The molecule has 11 nitrogen and oxygen atoms in total. The molecular weight excluding hydrogens is 919 g/mol. The predicted octanol–water partition coefficient (Wildman–Crippen LogP) is 14.3. The van der Waals surface area contributed by atoms with Crippen molar-refractivity contribution in [3.05, 3.63) is 36.5 Å². The lowest BCUT2D eigenvalue weighted by Gasteiger charge is -2.41. The number of hydrogen-bond donors (Lipinski definition) is 6. The molecule has 1 amide bonds. The van der Waals surface area contributed by atoms with Crippen LogP contribution in [0.2, 0.25) is 0 Å². The second-order valence-electron chi connectivity index (χ2n) is 21.5. The third-order valence-corrected chi connectivity index (χ3v) is 14.6. The molecule has 8 atom stereocenters. The van der Waals surface area contributed by atoms with Crippen molar-refractivity contribution in [2.75, 3.05) is 13.2 Å². The van der Waals surface area contributed by atoms with Gasteiger partial charge in [-0.1, -0.05) is 269 Å². The van der Waals surface area contributed by atoms with Crippen LogP contribution in [0.3, 0.4) is 0 Å². The van der Waals surface area contributed by atoms with Crippen molar-refractivity contribution >= 4 is 11.9 Å². The van der Waals surface area contributed by atoms with Crippen molar-refractivity contribution in [2.24, 2.45) is 0 Å². The standard InChI is InChI=1S/C62H115NO10/c1-4-7-10-13-16-19-22-25-26-27-28-29-30-32-35-38-41-44-47-50-57(67)73-60-59(69)58(68)56(51-64)72-62(60)71-52-53(54(65)48-45-42-39-36-34-31-23-20-17-14-11-8-5-2)63-61(70)55(66)49-46-43-40-37-33-24-21-18-15-12-9-6-3/h33,37,43,45-46,48,53-56,58-60,62,64-66,68-69H,4-32,34-36,38-42,44,47,49-52H2,1-3H3,(H,63,70)/b37-33-,46-43+,48-45+. The molecule has 8 unspecified atom stereocenters. The van der Waals surface area contributed by atoms with Gasteiger partial charge in [-0.3, -0.25) is 9.59 Å². The molecule has 428 valence electrons. The zero-order chi connectivity index (χ0) is 53.3. The van der Waals surface area contributed by atoms with Crippen LogP contribution < -0.4 is 5.32 Å². The molecule has 1 fully saturated rings. The Hall–Kier alpha value is -2.12. The van der Waals surface area contributed by atoms with Gasteiger partial charge in [0.2, 0.25) is 5.91 Å². The van der Waals surface area contributed by atoms with E-state index in [4.69, 9.17) is 14.2 Å². The average molecular weight is 1030 g/mol. The molecule has 0 bridgehead atoms. The third-order valence-electron chi connectivity index (χ3n) is 14.6. The first-order valence-corrected chi connectivity index (χ1v) is 30.8. The largest absolute Gasteiger partial charge is 0.454 e. The molecule has 0 spiro atoms. The molecule has 0 aromatic heterocycles. The lowest BCUT2D eigenvalue weighted by atomic mass is 9.99. The monoisotopic (exact) mass is 1030 g/mol. The van der Waals surface area contributed by atoms with Crippen molar-refractivity contribution < 1.29 is 49.3 Å². The van der Waals surface area contributed by atoms with E-state index in [-0.39, 0.29) is 19.4 Å². The van der Waals surface area contributed by atoms with Crippen LogP contribution >= 0.6 is 0 Å². The van der Waals surface area contributed by atoms with Gasteiger partial charge >= 0.3 is 5.97 Å². The molecule has 1 heterocycles. The van der Waals surface area contributed by atoms with Gasteiger partial charge in [0.1, 0.15) is 24.4 Å². The molecule has 0 aromatic carbocycles. The number of carbonyl (C=O) groups excluding carboxylic acids is 2.